The molecule has 162 valence electrons. The average Bonchev–Trinajstić information content (AvgIpc) is 2.73. The highest BCUT2D eigenvalue weighted by atomic mass is 32.3. The highest BCUT2D eigenvalue weighted by molar-refractivity contribution is 7.86. The van der Waals surface area contributed by atoms with Crippen LogP contribution in [0.4, 0.5) is 21.5 Å². The van der Waals surface area contributed by atoms with Crippen molar-refractivity contribution in [1.29, 1.82) is 0 Å². The van der Waals surface area contributed by atoms with E-state index in [0.29, 0.717) is 44.7 Å². The van der Waals surface area contributed by atoms with Crippen molar-refractivity contribution in [1.82, 2.24) is 15.3 Å². The molecule has 0 unspecified atom stereocenters. The van der Waals surface area contributed by atoms with E-state index in [-0.39, 0.29) is 22.7 Å². The number of anilines is 3. The number of benzene rings is 1. The fourth-order valence-corrected chi connectivity index (χ4v) is 3.87. The van der Waals surface area contributed by atoms with Crippen LogP contribution in [-0.2, 0) is 21.4 Å². The predicted octanol–water partition coefficient (Wildman–Crippen LogP) is 1.33. The summed E-state index contributed by atoms with van der Waals surface area (Å²) in [6, 6.07) is 7.37. The predicted molar refractivity (Wildman–Crippen MR) is 112 cm³/mol. The maximum absolute atomic E-state index is 12.9. The molecule has 0 atom stereocenters. The molecule has 30 heavy (non-hydrogen) atoms. The van der Waals surface area contributed by atoms with Crippen molar-refractivity contribution in [2.75, 3.05) is 42.6 Å². The van der Waals surface area contributed by atoms with E-state index in [9.17, 15) is 17.1 Å². The third kappa shape index (κ3) is 5.56. The number of nitrogens with zero attached hydrogens (tertiary/aromatic N) is 3. The van der Waals surface area contributed by atoms with Gasteiger partial charge in [-0.1, -0.05) is 12.1 Å². The first kappa shape index (κ1) is 21.8. The Hall–Kier alpha value is -2.95. The van der Waals surface area contributed by atoms with Crippen LogP contribution in [0, 0.1) is 5.92 Å². The summed E-state index contributed by atoms with van der Waals surface area (Å²) >= 11 is 0. The quantitative estimate of drug-likeness (QED) is 0.554. The van der Waals surface area contributed by atoms with Crippen LogP contribution in [0.1, 0.15) is 18.4 Å². The maximum Gasteiger partial charge on any atom is 0.332 e. The highest BCUT2D eigenvalue weighted by Gasteiger charge is 2.25. The lowest BCUT2D eigenvalue weighted by Crippen LogP contribution is -2.41. The molecule has 1 fully saturated rings. The Morgan fingerprint density at radius 1 is 1.23 bits per heavy atom. The normalized spacial score (nSPS) is 15.1. The number of amides is 1. The lowest BCUT2D eigenvalue weighted by atomic mass is 9.96. The van der Waals surface area contributed by atoms with Gasteiger partial charge in [0, 0.05) is 38.7 Å². The molecule has 4 N–H and O–H groups in total. The molecule has 1 aromatic carbocycles. The Labute approximate surface area is 175 Å². The van der Waals surface area contributed by atoms with Gasteiger partial charge in [-0.05, 0) is 37.0 Å². The second-order valence-corrected chi connectivity index (χ2v) is 8.45. The molecule has 0 bridgehead atoms. The molecule has 0 radical (unpaired) electrons. The van der Waals surface area contributed by atoms with Gasteiger partial charge in [0.1, 0.15) is 11.6 Å². The monoisotopic (exact) mass is 436 g/mol. The van der Waals surface area contributed by atoms with Gasteiger partial charge in [0.15, 0.2) is 0 Å². The minimum absolute atomic E-state index is 0.00396. The number of nitrogens with two attached hydrogens (primary N) is 1. The molecule has 2 aromatic rings. The Kier molecular flexibility index (Phi) is 6.70. The summed E-state index contributed by atoms with van der Waals surface area (Å²) in [6.07, 6.45) is 1.94. The van der Waals surface area contributed by atoms with E-state index in [4.69, 9.17) is 5.73 Å². The van der Waals surface area contributed by atoms with Crippen molar-refractivity contribution in [2.45, 2.75) is 24.2 Å². The van der Waals surface area contributed by atoms with E-state index in [1.54, 1.807) is 19.2 Å². The Morgan fingerprint density at radius 2 is 1.90 bits per heavy atom. The Morgan fingerprint density at radius 3 is 2.50 bits per heavy atom. The fraction of sp³-hybridized carbons (Fsp3) is 0.421. The van der Waals surface area contributed by atoms with Gasteiger partial charge in [-0.2, -0.15) is 18.4 Å². The van der Waals surface area contributed by atoms with Crippen molar-refractivity contribution in [3.05, 3.63) is 35.9 Å². The Bertz CT molecular complexity index is 992. The molecule has 0 spiro atoms. The first-order valence-corrected chi connectivity index (χ1v) is 11.0. The van der Waals surface area contributed by atoms with Gasteiger partial charge in [-0.25, -0.2) is 0 Å². The van der Waals surface area contributed by atoms with E-state index < -0.39 is 10.2 Å². The van der Waals surface area contributed by atoms with Crippen molar-refractivity contribution < 1.29 is 17.1 Å². The van der Waals surface area contributed by atoms with Crippen LogP contribution >= 0.6 is 0 Å². The third-order valence-electron chi connectivity index (χ3n) is 5.09. The van der Waals surface area contributed by atoms with E-state index in [1.165, 1.54) is 12.1 Å². The van der Waals surface area contributed by atoms with E-state index in [0.717, 1.165) is 11.4 Å². The summed E-state index contributed by atoms with van der Waals surface area (Å²) in [4.78, 5) is 22.5. The molecule has 3 rings (SSSR count). The number of piperidine rings is 1. The molecule has 0 saturated carbocycles. The number of carbonyl (C=O) groups excluding carboxylic acids is 1. The number of rotatable bonds is 7. The molecule has 11 heteroatoms. The second kappa shape index (κ2) is 9.24. The number of carbonyl (C=O) groups is 1. The van der Waals surface area contributed by atoms with Gasteiger partial charge < -0.3 is 21.3 Å². The van der Waals surface area contributed by atoms with Crippen LogP contribution in [0.25, 0.3) is 0 Å². The number of nitrogen functional groups attached to an aromatic ring is 1. The number of aromatic nitrogens is 2. The summed E-state index contributed by atoms with van der Waals surface area (Å²) in [6.45, 7) is 1.81. The second-order valence-electron chi connectivity index (χ2n) is 7.10. The molecule has 1 aliphatic heterocycles. The van der Waals surface area contributed by atoms with Crippen LogP contribution in [-0.4, -0.2) is 51.0 Å². The summed E-state index contributed by atoms with van der Waals surface area (Å²) in [7, 11) is -2.93. The minimum atomic E-state index is -4.69. The van der Waals surface area contributed by atoms with Crippen molar-refractivity contribution in [3.63, 3.8) is 0 Å². The molecule has 9 nitrogen and oxygen atoms in total. The standard InChI is InChI=1S/C19H25FN6O3S/c1-22-16-12-17(25-19(21)24-16)26-10-7-14(8-11-26)18(27)23-9-6-13-2-4-15(5-3-13)30(20,28)29/h2-5,12,14H,6-11H2,1H3,(H,23,27)(H3,21,22,24,25). The van der Waals surface area contributed by atoms with Crippen LogP contribution in [0.3, 0.4) is 0 Å². The fourth-order valence-electron chi connectivity index (χ4n) is 3.41. The zero-order chi connectivity index (χ0) is 21.7. The molecule has 0 aliphatic carbocycles. The third-order valence-corrected chi connectivity index (χ3v) is 5.93. The summed E-state index contributed by atoms with van der Waals surface area (Å²) < 4.78 is 34.6. The molecule has 1 saturated heterocycles. The topological polar surface area (TPSA) is 130 Å². The number of hydrogen-bond acceptors (Lipinski definition) is 8. The van der Waals surface area contributed by atoms with Crippen molar-refractivity contribution >= 4 is 33.7 Å². The first-order chi connectivity index (χ1) is 14.3. The van der Waals surface area contributed by atoms with Crippen molar-refractivity contribution in [2.24, 2.45) is 5.92 Å². The molecule has 1 aliphatic rings. The SMILES string of the molecule is CNc1cc(N2CCC(C(=O)NCCc3ccc(S(=O)(=O)F)cc3)CC2)nc(N)n1. The van der Waals surface area contributed by atoms with Crippen LogP contribution in [0.15, 0.2) is 35.2 Å². The maximum atomic E-state index is 12.9. The van der Waals surface area contributed by atoms with E-state index >= 15 is 0 Å². The van der Waals surface area contributed by atoms with E-state index in [1.807, 2.05) is 6.07 Å². The summed E-state index contributed by atoms with van der Waals surface area (Å²) in [5.74, 6) is 1.51. The lowest BCUT2D eigenvalue weighted by Gasteiger charge is -2.32. The number of hydrogen-bond donors (Lipinski definition) is 3. The van der Waals surface area contributed by atoms with Gasteiger partial charge in [-0.3, -0.25) is 4.79 Å². The number of halogens is 1. The first-order valence-electron chi connectivity index (χ1n) is 9.65. The zero-order valence-electron chi connectivity index (χ0n) is 16.6. The molecular weight excluding hydrogens is 411 g/mol. The smallest absolute Gasteiger partial charge is 0.332 e. The average molecular weight is 437 g/mol. The largest absolute Gasteiger partial charge is 0.373 e. The summed E-state index contributed by atoms with van der Waals surface area (Å²) in [5, 5.41) is 5.87. The van der Waals surface area contributed by atoms with Gasteiger partial charge >= 0.3 is 10.2 Å². The molecular formula is C19H25FN6O3S. The van der Waals surface area contributed by atoms with Gasteiger partial charge in [0.2, 0.25) is 11.9 Å². The highest BCUT2D eigenvalue weighted by Crippen LogP contribution is 2.24. The van der Waals surface area contributed by atoms with Crippen LogP contribution < -0.4 is 21.3 Å². The summed E-state index contributed by atoms with van der Waals surface area (Å²) in [5.41, 5.74) is 6.57. The van der Waals surface area contributed by atoms with Gasteiger partial charge in [0.25, 0.3) is 0 Å². The van der Waals surface area contributed by atoms with Gasteiger partial charge in [-0.15, -0.1) is 3.89 Å². The molecule has 1 aromatic heterocycles. The van der Waals surface area contributed by atoms with Crippen molar-refractivity contribution in [3.8, 4) is 0 Å². The van der Waals surface area contributed by atoms with E-state index in [2.05, 4.69) is 25.5 Å². The van der Waals surface area contributed by atoms with Gasteiger partial charge in [0.05, 0.1) is 4.90 Å². The molecule has 1 amide bonds. The molecule has 2 heterocycles. The number of nitrogens with one attached hydrogen (secondary N) is 2. The van der Waals surface area contributed by atoms with Crippen LogP contribution in [0.2, 0.25) is 0 Å². The zero-order valence-corrected chi connectivity index (χ0v) is 17.5. The Balaban J connectivity index is 1.46. The lowest BCUT2D eigenvalue weighted by molar-refractivity contribution is -0.125. The minimum Gasteiger partial charge on any atom is -0.373 e. The van der Waals surface area contributed by atoms with Crippen LogP contribution in [0.5, 0.6) is 0 Å².